The number of hydrogen-bond donors (Lipinski definition) is 0. The van der Waals surface area contributed by atoms with Crippen molar-refractivity contribution in [3.8, 4) is 23.0 Å². The average Bonchev–Trinajstić information content (AvgIpc) is 3.31. The molecule has 0 radical (unpaired) electrons. The second-order valence-corrected chi connectivity index (χ2v) is 28.1. The highest BCUT2D eigenvalue weighted by Crippen LogP contribution is 2.52. The first-order valence-corrected chi connectivity index (χ1v) is 31.7. The molecular formula is C64H90Al2O6. The molecule has 0 saturated heterocycles. The van der Waals surface area contributed by atoms with E-state index in [1.165, 1.54) is 195 Å². The van der Waals surface area contributed by atoms with E-state index in [1.54, 1.807) is 0 Å². The van der Waals surface area contributed by atoms with Crippen LogP contribution in [0.3, 0.4) is 0 Å². The summed E-state index contributed by atoms with van der Waals surface area (Å²) in [7, 11) is 0. The van der Waals surface area contributed by atoms with Gasteiger partial charge in [-0.05, 0) is 173 Å². The van der Waals surface area contributed by atoms with Gasteiger partial charge in [0.15, 0.2) is 0 Å². The minimum Gasteiger partial charge on any atom is -0.588 e. The third kappa shape index (κ3) is 11.9. The van der Waals surface area contributed by atoms with Crippen molar-refractivity contribution < 1.29 is 22.7 Å². The summed E-state index contributed by atoms with van der Waals surface area (Å²) in [6, 6.07) is 19.0. The Morgan fingerprint density at radius 2 is 0.556 bits per heavy atom. The zero-order valence-corrected chi connectivity index (χ0v) is 49.2. The van der Waals surface area contributed by atoms with Crippen molar-refractivity contribution in [3.05, 3.63) is 115 Å². The van der Waals surface area contributed by atoms with Gasteiger partial charge in [0.25, 0.3) is 0 Å². The second-order valence-electron chi connectivity index (χ2n) is 25.5. The molecule has 0 N–H and O–H groups in total. The average molecular weight is 1010 g/mol. The minimum absolute atomic E-state index is 0.0614. The van der Waals surface area contributed by atoms with Crippen LogP contribution in [0.2, 0.25) is 0 Å². The largest absolute Gasteiger partial charge is 1.10 e. The first-order valence-electron chi connectivity index (χ1n) is 28.9. The molecule has 0 atom stereocenters. The Hall–Kier alpha value is -2.94. The third-order valence-corrected chi connectivity index (χ3v) is 21.3. The molecule has 72 heavy (non-hydrogen) atoms. The van der Waals surface area contributed by atoms with Crippen molar-refractivity contribution >= 4 is 30.3 Å². The minimum atomic E-state index is -2.49. The summed E-state index contributed by atoms with van der Waals surface area (Å²) in [6.45, 7) is 27.2. The maximum absolute atomic E-state index is 6.91. The van der Waals surface area contributed by atoms with E-state index in [-0.39, 0.29) is 33.9 Å². The fourth-order valence-electron chi connectivity index (χ4n) is 14.1. The molecule has 6 aliphatic rings. The van der Waals surface area contributed by atoms with Crippen molar-refractivity contribution in [1.82, 2.24) is 0 Å². The molecule has 4 aliphatic carbocycles. The number of aryl methyl sites for hydroxylation is 4. The first kappa shape index (κ1) is 53.9. The standard InChI is InChI=1S/2C29H40O2.2C3H7O.2Al/c2*1-20-15-22(26(30)24(17-20)28(3)11-7-5-8-12-28)19-23-16-21(2)18-25(27(23)31)29(4)13-9-6-10-14-29;2*1-3(2)4;;/h2*15-18,30-31H,5-14,19H2,1-4H3;2*3H,1-2H3;;/q;;2*-1;2*+3/p-4. The van der Waals surface area contributed by atoms with Crippen LogP contribution in [-0.4, -0.2) is 42.5 Å². The summed E-state index contributed by atoms with van der Waals surface area (Å²) < 4.78 is 40.5. The molecule has 8 heteroatoms. The predicted molar refractivity (Wildman–Crippen MR) is 299 cm³/mol. The SMILES string of the molecule is Cc1cc2c(c(C3(C)CCCCC3)c1)[O][Al]([O]C(C)C)[O]c1c(cc(C)cc1C1(C)CCCCC1)C2.Cc1cc2c(c(C3(C)CCCCC3)c1)[O][Al]([O]C(C)C)[O]c1c(cc(C)cc1C1(C)CCCCC1)C2. The van der Waals surface area contributed by atoms with Crippen molar-refractivity contribution in [3.63, 3.8) is 0 Å². The number of benzene rings is 4. The Kier molecular flexibility index (Phi) is 16.7. The van der Waals surface area contributed by atoms with Gasteiger partial charge in [0.2, 0.25) is 0 Å². The zero-order valence-electron chi connectivity index (χ0n) is 46.9. The van der Waals surface area contributed by atoms with Crippen LogP contribution in [0.4, 0.5) is 0 Å². The van der Waals surface area contributed by atoms with Gasteiger partial charge in [0.1, 0.15) is 0 Å². The smallest absolute Gasteiger partial charge is 0.588 e. The molecule has 0 unspecified atom stereocenters. The molecular weight excluding hydrogens is 919 g/mol. The van der Waals surface area contributed by atoms with Crippen molar-refractivity contribution in [2.45, 2.75) is 258 Å². The van der Waals surface area contributed by atoms with E-state index in [0.717, 1.165) is 35.8 Å². The van der Waals surface area contributed by atoms with E-state index in [1.807, 2.05) is 0 Å². The summed E-state index contributed by atoms with van der Waals surface area (Å²) in [4.78, 5) is 0. The van der Waals surface area contributed by atoms with Gasteiger partial charge >= 0.3 is 30.3 Å². The first-order chi connectivity index (χ1) is 34.3. The van der Waals surface area contributed by atoms with Crippen LogP contribution in [0.1, 0.15) is 251 Å². The van der Waals surface area contributed by atoms with Crippen molar-refractivity contribution in [1.29, 1.82) is 0 Å². The van der Waals surface area contributed by atoms with Gasteiger partial charge in [0.05, 0.1) is 23.0 Å². The molecule has 4 aromatic rings. The molecule has 0 amide bonds. The summed E-state index contributed by atoms with van der Waals surface area (Å²) in [5.41, 5.74) is 16.7. The molecule has 4 fully saturated rings. The lowest BCUT2D eigenvalue weighted by Crippen LogP contribution is -2.40. The lowest BCUT2D eigenvalue weighted by Gasteiger charge is -2.39. The highest BCUT2D eigenvalue weighted by Gasteiger charge is 2.49. The maximum atomic E-state index is 6.91. The number of hydrogen-bond acceptors (Lipinski definition) is 6. The van der Waals surface area contributed by atoms with E-state index in [4.69, 9.17) is 22.7 Å². The maximum Gasteiger partial charge on any atom is 1.10 e. The van der Waals surface area contributed by atoms with Gasteiger partial charge in [-0.2, -0.15) is 0 Å². The van der Waals surface area contributed by atoms with Crippen LogP contribution < -0.4 is 15.2 Å². The van der Waals surface area contributed by atoms with Crippen molar-refractivity contribution in [2.24, 2.45) is 0 Å². The zero-order chi connectivity index (χ0) is 51.0. The van der Waals surface area contributed by atoms with Gasteiger partial charge in [-0.3, -0.25) is 0 Å². The predicted octanol–water partition coefficient (Wildman–Crippen LogP) is 17.0. The van der Waals surface area contributed by atoms with E-state index in [2.05, 4.69) is 132 Å². The van der Waals surface area contributed by atoms with Crippen LogP contribution in [0, 0.1) is 27.7 Å². The van der Waals surface area contributed by atoms with Gasteiger partial charge in [0, 0.05) is 25.0 Å². The number of rotatable bonds is 8. The lowest BCUT2D eigenvalue weighted by molar-refractivity contribution is 0.149. The van der Waals surface area contributed by atoms with Crippen LogP contribution in [0.15, 0.2) is 48.5 Å². The summed E-state index contributed by atoms with van der Waals surface area (Å²) >= 11 is -4.98. The Labute approximate surface area is 446 Å². The highest BCUT2D eigenvalue weighted by atomic mass is 27.3. The molecule has 2 heterocycles. The van der Waals surface area contributed by atoms with E-state index in [9.17, 15) is 0 Å². The Bertz CT molecular complexity index is 2200. The molecule has 0 aromatic heterocycles. The molecule has 4 aromatic carbocycles. The van der Waals surface area contributed by atoms with E-state index in [0.29, 0.717) is 0 Å². The van der Waals surface area contributed by atoms with Crippen LogP contribution >= 0.6 is 0 Å². The summed E-state index contributed by atoms with van der Waals surface area (Å²) in [5.74, 6) is 4.22. The monoisotopic (exact) mass is 1010 g/mol. The van der Waals surface area contributed by atoms with Crippen molar-refractivity contribution in [2.75, 3.05) is 0 Å². The highest BCUT2D eigenvalue weighted by molar-refractivity contribution is 6.39. The van der Waals surface area contributed by atoms with Gasteiger partial charge < -0.3 is 22.7 Å². The fourth-order valence-corrected chi connectivity index (χ4v) is 17.2. The summed E-state index contributed by atoms with van der Waals surface area (Å²) in [5, 5.41) is 0. The second kappa shape index (κ2) is 22.3. The van der Waals surface area contributed by atoms with Gasteiger partial charge in [-0.25, -0.2) is 0 Å². The normalized spacial score (nSPS) is 21.0. The van der Waals surface area contributed by atoms with E-state index < -0.39 is 30.3 Å². The summed E-state index contributed by atoms with van der Waals surface area (Å²) in [6.07, 6.45) is 27.4. The Morgan fingerprint density at radius 1 is 0.347 bits per heavy atom. The molecule has 0 spiro atoms. The molecule has 10 rings (SSSR count). The molecule has 388 valence electrons. The van der Waals surface area contributed by atoms with Crippen LogP contribution in [0.25, 0.3) is 0 Å². The molecule has 0 bridgehead atoms. The van der Waals surface area contributed by atoms with Crippen LogP contribution in [-0.2, 0) is 42.1 Å². The topological polar surface area (TPSA) is 55.4 Å². The Balaban J connectivity index is 0.000000178. The Morgan fingerprint density at radius 3 is 0.750 bits per heavy atom. The van der Waals surface area contributed by atoms with E-state index >= 15 is 0 Å². The van der Waals surface area contributed by atoms with Crippen LogP contribution in [0.5, 0.6) is 23.0 Å². The number of fused-ring (bicyclic) bond motifs is 4. The molecule has 4 saturated carbocycles. The lowest BCUT2D eigenvalue weighted by atomic mass is 9.69. The van der Waals surface area contributed by atoms with Gasteiger partial charge in [-0.15, -0.1) is 0 Å². The quantitative estimate of drug-likeness (QED) is 0.164. The van der Waals surface area contributed by atoms with Gasteiger partial charge in [-0.1, -0.05) is 176 Å². The molecule has 2 aliphatic heterocycles. The third-order valence-electron chi connectivity index (χ3n) is 18.1. The molecule has 6 nitrogen and oxygen atoms in total. The fraction of sp³-hybridized carbons (Fsp3) is 0.625.